The highest BCUT2D eigenvalue weighted by atomic mass is 16.3. The maximum atomic E-state index is 10.8. The summed E-state index contributed by atoms with van der Waals surface area (Å²) >= 11 is 0. The number of aliphatic hydroxyl groups excluding tert-OH is 2. The van der Waals surface area contributed by atoms with Crippen LogP contribution in [0.3, 0.4) is 0 Å². The van der Waals surface area contributed by atoms with Crippen molar-refractivity contribution in [1.29, 1.82) is 0 Å². The standard InChI is InChI=1S/C15H15NO3/c16-15(19)14(18)13(17)12-8-6-11(7-9-12)10-4-2-1-3-5-10/h1-9,13-14,17-18H,(H2,16,19). The Hall–Kier alpha value is -2.17. The Kier molecular flexibility index (Phi) is 3.94. The van der Waals surface area contributed by atoms with Crippen LogP contribution in [-0.4, -0.2) is 22.2 Å². The molecular formula is C15H15NO3. The van der Waals surface area contributed by atoms with Gasteiger partial charge in [-0.15, -0.1) is 0 Å². The molecule has 0 bridgehead atoms. The van der Waals surface area contributed by atoms with Gasteiger partial charge >= 0.3 is 0 Å². The summed E-state index contributed by atoms with van der Waals surface area (Å²) in [6.45, 7) is 0. The van der Waals surface area contributed by atoms with Crippen LogP contribution in [0.2, 0.25) is 0 Å². The van der Waals surface area contributed by atoms with E-state index >= 15 is 0 Å². The number of carbonyl (C=O) groups excluding carboxylic acids is 1. The Balaban J connectivity index is 2.22. The van der Waals surface area contributed by atoms with Gasteiger partial charge in [0, 0.05) is 0 Å². The lowest BCUT2D eigenvalue weighted by Gasteiger charge is -2.15. The van der Waals surface area contributed by atoms with Crippen molar-refractivity contribution in [1.82, 2.24) is 0 Å². The van der Waals surface area contributed by atoms with Crippen LogP contribution in [0.25, 0.3) is 11.1 Å². The zero-order valence-electron chi connectivity index (χ0n) is 10.2. The fourth-order valence-electron chi connectivity index (χ4n) is 1.84. The van der Waals surface area contributed by atoms with Crippen molar-refractivity contribution in [3.8, 4) is 11.1 Å². The quantitative estimate of drug-likeness (QED) is 0.770. The Labute approximate surface area is 111 Å². The van der Waals surface area contributed by atoms with Gasteiger partial charge in [-0.05, 0) is 16.7 Å². The predicted octanol–water partition coefficient (Wildman–Crippen LogP) is 1.23. The number of nitrogens with two attached hydrogens (primary N) is 1. The van der Waals surface area contributed by atoms with Crippen LogP contribution in [0.5, 0.6) is 0 Å². The molecule has 2 atom stereocenters. The van der Waals surface area contributed by atoms with Crippen molar-refractivity contribution in [2.75, 3.05) is 0 Å². The highest BCUT2D eigenvalue weighted by Crippen LogP contribution is 2.23. The third-order valence-electron chi connectivity index (χ3n) is 2.95. The second-order valence-electron chi connectivity index (χ2n) is 4.28. The number of hydrogen-bond acceptors (Lipinski definition) is 3. The molecule has 0 aromatic heterocycles. The first-order valence-corrected chi connectivity index (χ1v) is 5.90. The molecule has 2 rings (SSSR count). The number of amides is 1. The van der Waals surface area contributed by atoms with E-state index in [1.165, 1.54) is 0 Å². The van der Waals surface area contributed by atoms with E-state index in [0.717, 1.165) is 11.1 Å². The van der Waals surface area contributed by atoms with Gasteiger partial charge in [-0.1, -0.05) is 54.6 Å². The van der Waals surface area contributed by atoms with Crippen LogP contribution >= 0.6 is 0 Å². The molecular weight excluding hydrogens is 242 g/mol. The molecule has 98 valence electrons. The first-order chi connectivity index (χ1) is 9.09. The molecule has 4 N–H and O–H groups in total. The van der Waals surface area contributed by atoms with E-state index in [1.807, 2.05) is 42.5 Å². The molecule has 0 aliphatic rings. The summed E-state index contributed by atoms with van der Waals surface area (Å²) in [7, 11) is 0. The lowest BCUT2D eigenvalue weighted by molar-refractivity contribution is -0.131. The molecule has 0 saturated heterocycles. The third kappa shape index (κ3) is 2.99. The SMILES string of the molecule is NC(=O)C(O)C(O)c1ccc(-c2ccccc2)cc1. The summed E-state index contributed by atoms with van der Waals surface area (Å²) in [6.07, 6.45) is -2.90. The zero-order chi connectivity index (χ0) is 13.8. The monoisotopic (exact) mass is 257 g/mol. The van der Waals surface area contributed by atoms with E-state index in [9.17, 15) is 15.0 Å². The van der Waals surface area contributed by atoms with Crippen molar-refractivity contribution < 1.29 is 15.0 Å². The second-order valence-corrected chi connectivity index (χ2v) is 4.28. The summed E-state index contributed by atoms with van der Waals surface area (Å²) < 4.78 is 0. The summed E-state index contributed by atoms with van der Waals surface area (Å²) in [5.41, 5.74) is 7.44. The minimum absolute atomic E-state index is 0.450. The van der Waals surface area contributed by atoms with Gasteiger partial charge in [0.05, 0.1) is 0 Å². The van der Waals surface area contributed by atoms with Gasteiger partial charge in [0.2, 0.25) is 5.91 Å². The van der Waals surface area contributed by atoms with Crippen molar-refractivity contribution in [2.24, 2.45) is 5.73 Å². The molecule has 2 aromatic carbocycles. The zero-order valence-corrected chi connectivity index (χ0v) is 10.2. The lowest BCUT2D eigenvalue weighted by atomic mass is 9.99. The largest absolute Gasteiger partial charge is 0.385 e. The van der Waals surface area contributed by atoms with Gasteiger partial charge in [0.15, 0.2) is 6.10 Å². The van der Waals surface area contributed by atoms with Crippen LogP contribution in [0.15, 0.2) is 54.6 Å². The predicted molar refractivity (Wildman–Crippen MR) is 72.0 cm³/mol. The smallest absolute Gasteiger partial charge is 0.249 e. The van der Waals surface area contributed by atoms with Crippen LogP contribution in [-0.2, 0) is 4.79 Å². The van der Waals surface area contributed by atoms with Crippen molar-refractivity contribution >= 4 is 5.91 Å². The maximum Gasteiger partial charge on any atom is 0.249 e. The van der Waals surface area contributed by atoms with E-state index in [1.54, 1.807) is 12.1 Å². The van der Waals surface area contributed by atoms with E-state index < -0.39 is 18.1 Å². The van der Waals surface area contributed by atoms with E-state index in [0.29, 0.717) is 5.56 Å². The first-order valence-electron chi connectivity index (χ1n) is 5.90. The molecule has 0 radical (unpaired) electrons. The van der Waals surface area contributed by atoms with Gasteiger partial charge < -0.3 is 15.9 Å². The molecule has 0 heterocycles. The molecule has 1 amide bonds. The lowest BCUT2D eigenvalue weighted by Crippen LogP contribution is -2.33. The van der Waals surface area contributed by atoms with Crippen molar-refractivity contribution in [2.45, 2.75) is 12.2 Å². The fraction of sp³-hybridized carbons (Fsp3) is 0.133. The molecule has 4 nitrogen and oxygen atoms in total. The van der Waals surface area contributed by atoms with Crippen LogP contribution in [0.4, 0.5) is 0 Å². The van der Waals surface area contributed by atoms with Crippen LogP contribution < -0.4 is 5.73 Å². The van der Waals surface area contributed by atoms with Crippen LogP contribution in [0.1, 0.15) is 11.7 Å². The van der Waals surface area contributed by atoms with E-state index in [-0.39, 0.29) is 0 Å². The number of primary amides is 1. The van der Waals surface area contributed by atoms with E-state index in [2.05, 4.69) is 0 Å². The first kappa shape index (κ1) is 13.3. The van der Waals surface area contributed by atoms with Crippen molar-refractivity contribution in [3.05, 3.63) is 60.2 Å². The Morgan fingerprint density at radius 2 is 1.42 bits per heavy atom. The summed E-state index contributed by atoms with van der Waals surface area (Å²) in [5.74, 6) is -0.945. The molecule has 2 aromatic rings. The average molecular weight is 257 g/mol. The Morgan fingerprint density at radius 1 is 0.895 bits per heavy atom. The average Bonchev–Trinajstić information content (AvgIpc) is 2.46. The van der Waals surface area contributed by atoms with Gasteiger partial charge in [-0.25, -0.2) is 0 Å². The Morgan fingerprint density at radius 3 is 1.95 bits per heavy atom. The van der Waals surface area contributed by atoms with Crippen molar-refractivity contribution in [3.63, 3.8) is 0 Å². The summed E-state index contributed by atoms with van der Waals surface area (Å²) in [5, 5.41) is 19.2. The fourth-order valence-corrected chi connectivity index (χ4v) is 1.84. The molecule has 0 fully saturated rings. The van der Waals surface area contributed by atoms with Gasteiger partial charge in [-0.2, -0.15) is 0 Å². The molecule has 4 heteroatoms. The molecule has 0 aliphatic heterocycles. The molecule has 0 aliphatic carbocycles. The number of hydrogen-bond donors (Lipinski definition) is 3. The van der Waals surface area contributed by atoms with Crippen LogP contribution in [0, 0.1) is 0 Å². The molecule has 0 spiro atoms. The Bertz CT molecular complexity index is 551. The second kappa shape index (κ2) is 5.65. The number of rotatable bonds is 4. The normalized spacial score (nSPS) is 13.8. The van der Waals surface area contributed by atoms with Gasteiger partial charge in [-0.3, -0.25) is 4.79 Å². The number of aliphatic hydroxyl groups is 2. The van der Waals surface area contributed by atoms with E-state index in [4.69, 9.17) is 5.73 Å². The number of carbonyl (C=O) groups is 1. The third-order valence-corrected chi connectivity index (χ3v) is 2.95. The highest BCUT2D eigenvalue weighted by Gasteiger charge is 2.23. The topological polar surface area (TPSA) is 83.6 Å². The molecule has 19 heavy (non-hydrogen) atoms. The molecule has 2 unspecified atom stereocenters. The molecule has 0 saturated carbocycles. The summed E-state index contributed by atoms with van der Waals surface area (Å²) in [4.78, 5) is 10.8. The minimum atomic E-state index is -1.59. The minimum Gasteiger partial charge on any atom is -0.385 e. The summed E-state index contributed by atoms with van der Waals surface area (Å²) in [6, 6.07) is 16.7. The van der Waals surface area contributed by atoms with Gasteiger partial charge in [0.25, 0.3) is 0 Å². The van der Waals surface area contributed by atoms with Gasteiger partial charge in [0.1, 0.15) is 6.10 Å². The maximum absolute atomic E-state index is 10.8. The number of benzene rings is 2. The highest BCUT2D eigenvalue weighted by molar-refractivity contribution is 5.79.